The van der Waals surface area contributed by atoms with E-state index < -0.39 is 11.8 Å². The van der Waals surface area contributed by atoms with E-state index in [1.807, 2.05) is 34.6 Å². The van der Waals surface area contributed by atoms with Crippen molar-refractivity contribution >= 4 is 11.8 Å². The van der Waals surface area contributed by atoms with Crippen LogP contribution in [0.3, 0.4) is 0 Å². The van der Waals surface area contributed by atoms with E-state index in [9.17, 15) is 9.59 Å². The minimum atomic E-state index is -0.511. The standard InChI is InChI=1S/C15H30N2O3/c1-6-20-9-7-8-16-14(18)15(19)17(10-12(2)3)11-13(4)5/h12-13H,6-11H2,1-5H3,(H,16,18). The summed E-state index contributed by atoms with van der Waals surface area (Å²) < 4.78 is 5.18. The molecule has 0 aliphatic carbocycles. The number of carbonyl (C=O) groups excluding carboxylic acids is 2. The summed E-state index contributed by atoms with van der Waals surface area (Å²) in [6.07, 6.45) is 0.723. The topological polar surface area (TPSA) is 58.6 Å². The normalized spacial score (nSPS) is 10.9. The fourth-order valence-electron chi connectivity index (χ4n) is 1.86. The van der Waals surface area contributed by atoms with Crippen LogP contribution in [0.25, 0.3) is 0 Å². The van der Waals surface area contributed by atoms with E-state index in [4.69, 9.17) is 4.74 Å². The second kappa shape index (κ2) is 10.7. The smallest absolute Gasteiger partial charge is 0.311 e. The Morgan fingerprint density at radius 3 is 2.10 bits per heavy atom. The van der Waals surface area contributed by atoms with Gasteiger partial charge in [-0.25, -0.2) is 0 Å². The van der Waals surface area contributed by atoms with Crippen molar-refractivity contribution in [2.45, 2.75) is 41.0 Å². The fraction of sp³-hybridized carbons (Fsp3) is 0.867. The lowest BCUT2D eigenvalue weighted by Crippen LogP contribution is -2.46. The molecule has 0 fully saturated rings. The summed E-state index contributed by atoms with van der Waals surface area (Å²) in [5.74, 6) is -0.237. The number of hydrogen-bond donors (Lipinski definition) is 1. The van der Waals surface area contributed by atoms with Gasteiger partial charge >= 0.3 is 11.8 Å². The lowest BCUT2D eigenvalue weighted by Gasteiger charge is -2.25. The lowest BCUT2D eigenvalue weighted by molar-refractivity contribution is -0.146. The summed E-state index contributed by atoms with van der Waals surface area (Å²) in [6, 6.07) is 0. The number of nitrogens with one attached hydrogen (secondary N) is 1. The molecule has 0 rings (SSSR count). The van der Waals surface area contributed by atoms with Crippen molar-refractivity contribution in [1.29, 1.82) is 0 Å². The van der Waals surface area contributed by atoms with Crippen LogP contribution >= 0.6 is 0 Å². The predicted octanol–water partition coefficient (Wildman–Crippen LogP) is 1.67. The third-order valence-electron chi connectivity index (χ3n) is 2.61. The minimum Gasteiger partial charge on any atom is -0.382 e. The molecule has 0 spiro atoms. The molecule has 0 aliphatic heterocycles. The molecule has 0 aromatic rings. The molecule has 1 N–H and O–H groups in total. The summed E-state index contributed by atoms with van der Waals surface area (Å²) in [4.78, 5) is 25.6. The Kier molecular flexibility index (Phi) is 10.1. The van der Waals surface area contributed by atoms with Gasteiger partial charge in [-0.2, -0.15) is 0 Å². The maximum atomic E-state index is 12.1. The number of hydrogen-bond acceptors (Lipinski definition) is 3. The highest BCUT2D eigenvalue weighted by Gasteiger charge is 2.22. The van der Waals surface area contributed by atoms with Crippen LogP contribution in [-0.2, 0) is 14.3 Å². The zero-order valence-corrected chi connectivity index (χ0v) is 13.6. The Hall–Kier alpha value is -1.10. The molecule has 5 nitrogen and oxygen atoms in total. The summed E-state index contributed by atoms with van der Waals surface area (Å²) in [5, 5.41) is 2.66. The second-order valence-corrected chi connectivity index (χ2v) is 5.80. The maximum absolute atomic E-state index is 12.1. The van der Waals surface area contributed by atoms with E-state index in [1.54, 1.807) is 4.90 Å². The van der Waals surface area contributed by atoms with Crippen molar-refractivity contribution in [2.24, 2.45) is 11.8 Å². The first-order valence-corrected chi connectivity index (χ1v) is 7.53. The average molecular weight is 286 g/mol. The number of carbonyl (C=O) groups is 2. The monoisotopic (exact) mass is 286 g/mol. The van der Waals surface area contributed by atoms with Crippen LogP contribution in [0.2, 0.25) is 0 Å². The molecule has 5 heteroatoms. The second-order valence-electron chi connectivity index (χ2n) is 5.80. The van der Waals surface area contributed by atoms with E-state index in [1.165, 1.54) is 0 Å². The SMILES string of the molecule is CCOCCCNC(=O)C(=O)N(CC(C)C)CC(C)C. The molecule has 118 valence electrons. The highest BCUT2D eigenvalue weighted by atomic mass is 16.5. The molecule has 0 aliphatic rings. The predicted molar refractivity (Wildman–Crippen MR) is 80.4 cm³/mol. The molecule has 2 amide bonds. The zero-order valence-electron chi connectivity index (χ0n) is 13.6. The van der Waals surface area contributed by atoms with Crippen LogP contribution in [0.15, 0.2) is 0 Å². The van der Waals surface area contributed by atoms with Gasteiger partial charge in [-0.05, 0) is 25.2 Å². The summed E-state index contributed by atoms with van der Waals surface area (Å²) in [7, 11) is 0. The Bertz CT molecular complexity index is 281. The van der Waals surface area contributed by atoms with E-state index in [0.717, 1.165) is 6.42 Å². The summed E-state index contributed by atoms with van der Waals surface area (Å²) >= 11 is 0. The first-order valence-electron chi connectivity index (χ1n) is 7.53. The Balaban J connectivity index is 4.23. The van der Waals surface area contributed by atoms with Crippen molar-refractivity contribution in [1.82, 2.24) is 10.2 Å². The van der Waals surface area contributed by atoms with Crippen molar-refractivity contribution in [3.63, 3.8) is 0 Å². The van der Waals surface area contributed by atoms with E-state index >= 15 is 0 Å². The van der Waals surface area contributed by atoms with Gasteiger partial charge in [0.2, 0.25) is 0 Å². The molecule has 0 atom stereocenters. The van der Waals surface area contributed by atoms with Crippen molar-refractivity contribution in [3.8, 4) is 0 Å². The van der Waals surface area contributed by atoms with Crippen LogP contribution < -0.4 is 5.32 Å². The van der Waals surface area contributed by atoms with Crippen LogP contribution in [0.4, 0.5) is 0 Å². The molecule has 0 bridgehead atoms. The molecule has 0 saturated heterocycles. The third-order valence-corrected chi connectivity index (χ3v) is 2.61. The zero-order chi connectivity index (χ0) is 15.5. The molecule has 0 radical (unpaired) electrons. The molecule has 0 aromatic heterocycles. The van der Waals surface area contributed by atoms with Crippen molar-refractivity contribution < 1.29 is 14.3 Å². The molecule has 0 saturated carbocycles. The van der Waals surface area contributed by atoms with Gasteiger partial charge in [0.25, 0.3) is 0 Å². The van der Waals surface area contributed by atoms with Crippen LogP contribution in [-0.4, -0.2) is 49.6 Å². The van der Waals surface area contributed by atoms with Gasteiger partial charge < -0.3 is 15.0 Å². The Labute approximate surface area is 123 Å². The van der Waals surface area contributed by atoms with Gasteiger partial charge in [-0.3, -0.25) is 9.59 Å². The average Bonchev–Trinajstić information content (AvgIpc) is 2.35. The van der Waals surface area contributed by atoms with E-state index in [0.29, 0.717) is 44.7 Å². The minimum absolute atomic E-state index is 0.350. The third kappa shape index (κ3) is 8.91. The van der Waals surface area contributed by atoms with Gasteiger partial charge in [-0.1, -0.05) is 27.7 Å². The largest absolute Gasteiger partial charge is 0.382 e. The lowest BCUT2D eigenvalue weighted by atomic mass is 10.1. The number of rotatable bonds is 9. The van der Waals surface area contributed by atoms with Gasteiger partial charge in [0.15, 0.2) is 0 Å². The number of nitrogens with zero attached hydrogens (tertiary/aromatic N) is 1. The first kappa shape index (κ1) is 18.9. The first-order chi connectivity index (χ1) is 9.38. The van der Waals surface area contributed by atoms with Gasteiger partial charge in [0.1, 0.15) is 0 Å². The fourth-order valence-corrected chi connectivity index (χ4v) is 1.86. The highest BCUT2D eigenvalue weighted by Crippen LogP contribution is 2.04. The quantitative estimate of drug-likeness (QED) is 0.518. The molecular formula is C15H30N2O3. The van der Waals surface area contributed by atoms with Gasteiger partial charge in [0, 0.05) is 32.8 Å². The molecular weight excluding hydrogens is 256 g/mol. The van der Waals surface area contributed by atoms with Crippen LogP contribution in [0.1, 0.15) is 41.0 Å². The van der Waals surface area contributed by atoms with Crippen LogP contribution in [0, 0.1) is 11.8 Å². The Morgan fingerprint density at radius 2 is 1.65 bits per heavy atom. The summed E-state index contributed by atoms with van der Waals surface area (Å²) in [5.41, 5.74) is 0. The van der Waals surface area contributed by atoms with Gasteiger partial charge in [-0.15, -0.1) is 0 Å². The molecule has 20 heavy (non-hydrogen) atoms. The Morgan fingerprint density at radius 1 is 1.10 bits per heavy atom. The number of amides is 2. The summed E-state index contributed by atoms with van der Waals surface area (Å²) in [6.45, 7) is 13.1. The highest BCUT2D eigenvalue weighted by molar-refractivity contribution is 6.35. The van der Waals surface area contributed by atoms with Crippen molar-refractivity contribution in [2.75, 3.05) is 32.8 Å². The van der Waals surface area contributed by atoms with E-state index in [-0.39, 0.29) is 0 Å². The molecule has 0 heterocycles. The van der Waals surface area contributed by atoms with E-state index in [2.05, 4.69) is 5.32 Å². The van der Waals surface area contributed by atoms with Crippen LogP contribution in [0.5, 0.6) is 0 Å². The van der Waals surface area contributed by atoms with Gasteiger partial charge in [0.05, 0.1) is 0 Å². The van der Waals surface area contributed by atoms with Crippen molar-refractivity contribution in [3.05, 3.63) is 0 Å². The molecule has 0 aromatic carbocycles. The molecule has 0 unspecified atom stereocenters. The maximum Gasteiger partial charge on any atom is 0.311 e. The number of ether oxygens (including phenoxy) is 1.